The molecule has 0 aliphatic heterocycles. The molecule has 2 heteroatoms. The first-order valence-corrected chi connectivity index (χ1v) is 5.26. The molecular weight excluding hydrogens is 166 g/mol. The van der Waals surface area contributed by atoms with Crippen molar-refractivity contribution >= 4 is 11.3 Å². The van der Waals surface area contributed by atoms with Crippen LogP contribution in [0, 0.1) is 13.8 Å². The molecule has 1 nitrogen and oxygen atoms in total. The first-order valence-electron chi connectivity index (χ1n) is 4.45. The lowest BCUT2D eigenvalue weighted by atomic mass is 10.1. The molecule has 0 aromatic carbocycles. The molecule has 0 aliphatic carbocycles. The minimum Gasteiger partial charge on any atom is -0.327 e. The second kappa shape index (κ2) is 4.06. The minimum absolute atomic E-state index is 0.336. The standard InChI is InChI=1S/C10H17NS/c1-4-9(11)6-10-5-7(2)8(3)12-10/h5,9H,4,6,11H2,1-3H3. The summed E-state index contributed by atoms with van der Waals surface area (Å²) >= 11 is 1.88. The molecule has 1 atom stereocenters. The average Bonchev–Trinajstić information content (AvgIpc) is 2.31. The summed E-state index contributed by atoms with van der Waals surface area (Å²) in [5.41, 5.74) is 7.27. The molecule has 1 aromatic rings. The fourth-order valence-corrected chi connectivity index (χ4v) is 2.30. The van der Waals surface area contributed by atoms with Crippen LogP contribution in [0.3, 0.4) is 0 Å². The lowest BCUT2D eigenvalue weighted by Gasteiger charge is -2.04. The molecule has 1 aromatic heterocycles. The number of aryl methyl sites for hydroxylation is 2. The van der Waals surface area contributed by atoms with Crippen LogP contribution in [-0.4, -0.2) is 6.04 Å². The Morgan fingerprint density at radius 1 is 1.50 bits per heavy atom. The van der Waals surface area contributed by atoms with E-state index in [-0.39, 0.29) is 0 Å². The van der Waals surface area contributed by atoms with E-state index in [9.17, 15) is 0 Å². The SMILES string of the molecule is CCC(N)Cc1cc(C)c(C)s1. The summed E-state index contributed by atoms with van der Waals surface area (Å²) in [6.07, 6.45) is 2.10. The highest BCUT2D eigenvalue weighted by atomic mass is 32.1. The monoisotopic (exact) mass is 183 g/mol. The maximum absolute atomic E-state index is 5.87. The van der Waals surface area contributed by atoms with Gasteiger partial charge in [-0.05, 0) is 38.3 Å². The zero-order chi connectivity index (χ0) is 9.14. The molecule has 2 N–H and O–H groups in total. The summed E-state index contributed by atoms with van der Waals surface area (Å²) in [4.78, 5) is 2.85. The topological polar surface area (TPSA) is 26.0 Å². The largest absolute Gasteiger partial charge is 0.327 e. The van der Waals surface area contributed by atoms with E-state index in [4.69, 9.17) is 5.73 Å². The van der Waals surface area contributed by atoms with Crippen LogP contribution in [0.4, 0.5) is 0 Å². The van der Waals surface area contributed by atoms with E-state index in [0.717, 1.165) is 12.8 Å². The summed E-state index contributed by atoms with van der Waals surface area (Å²) < 4.78 is 0. The van der Waals surface area contributed by atoms with Gasteiger partial charge in [0, 0.05) is 15.8 Å². The van der Waals surface area contributed by atoms with Crippen molar-refractivity contribution in [3.8, 4) is 0 Å². The number of hydrogen-bond donors (Lipinski definition) is 1. The molecule has 0 bridgehead atoms. The highest BCUT2D eigenvalue weighted by Gasteiger charge is 2.05. The number of rotatable bonds is 3. The van der Waals surface area contributed by atoms with Gasteiger partial charge in [0.25, 0.3) is 0 Å². The molecule has 0 fully saturated rings. The number of thiophene rings is 1. The summed E-state index contributed by atoms with van der Waals surface area (Å²) in [6.45, 7) is 6.46. The van der Waals surface area contributed by atoms with Crippen molar-refractivity contribution in [1.82, 2.24) is 0 Å². The van der Waals surface area contributed by atoms with Crippen molar-refractivity contribution in [1.29, 1.82) is 0 Å². The van der Waals surface area contributed by atoms with Crippen molar-refractivity contribution in [2.24, 2.45) is 5.73 Å². The first-order chi connectivity index (χ1) is 5.63. The van der Waals surface area contributed by atoms with Crippen molar-refractivity contribution in [2.45, 2.75) is 39.7 Å². The predicted octanol–water partition coefficient (Wildman–Crippen LogP) is 2.64. The number of nitrogens with two attached hydrogens (primary N) is 1. The molecule has 1 heterocycles. The van der Waals surface area contributed by atoms with Crippen LogP contribution in [-0.2, 0) is 6.42 Å². The first kappa shape index (κ1) is 9.75. The van der Waals surface area contributed by atoms with Gasteiger partial charge in [-0.2, -0.15) is 0 Å². The van der Waals surface area contributed by atoms with E-state index in [1.807, 2.05) is 11.3 Å². The Kier molecular flexibility index (Phi) is 3.29. The normalized spacial score (nSPS) is 13.3. The lowest BCUT2D eigenvalue weighted by molar-refractivity contribution is 0.652. The van der Waals surface area contributed by atoms with Gasteiger partial charge in [0.15, 0.2) is 0 Å². The molecule has 0 saturated heterocycles. The summed E-state index contributed by atoms with van der Waals surface area (Å²) in [5, 5.41) is 0. The van der Waals surface area contributed by atoms with Crippen molar-refractivity contribution in [3.05, 3.63) is 21.4 Å². The van der Waals surface area contributed by atoms with Gasteiger partial charge in [0.05, 0.1) is 0 Å². The predicted molar refractivity (Wildman–Crippen MR) is 55.8 cm³/mol. The third-order valence-electron chi connectivity index (χ3n) is 2.20. The van der Waals surface area contributed by atoms with Crippen molar-refractivity contribution < 1.29 is 0 Å². The quantitative estimate of drug-likeness (QED) is 0.766. The molecule has 12 heavy (non-hydrogen) atoms. The highest BCUT2D eigenvalue weighted by molar-refractivity contribution is 7.12. The molecule has 0 aliphatic rings. The Balaban J connectivity index is 2.64. The molecular formula is C10H17NS. The summed E-state index contributed by atoms with van der Waals surface area (Å²) in [6, 6.07) is 2.60. The van der Waals surface area contributed by atoms with Crippen LogP contribution >= 0.6 is 11.3 Å². The van der Waals surface area contributed by atoms with Crippen LogP contribution < -0.4 is 5.73 Å². The molecule has 0 amide bonds. The van der Waals surface area contributed by atoms with E-state index in [2.05, 4.69) is 26.8 Å². The van der Waals surface area contributed by atoms with Gasteiger partial charge >= 0.3 is 0 Å². The molecule has 68 valence electrons. The maximum atomic E-state index is 5.87. The minimum atomic E-state index is 0.336. The molecule has 0 radical (unpaired) electrons. The van der Waals surface area contributed by atoms with Crippen LogP contribution in [0.1, 0.15) is 28.7 Å². The smallest absolute Gasteiger partial charge is 0.00845 e. The second-order valence-corrected chi connectivity index (χ2v) is 4.67. The lowest BCUT2D eigenvalue weighted by Crippen LogP contribution is -2.20. The van der Waals surface area contributed by atoms with Gasteiger partial charge in [-0.1, -0.05) is 6.92 Å². The van der Waals surface area contributed by atoms with E-state index < -0.39 is 0 Å². The Bertz CT molecular complexity index is 233. The molecule has 0 spiro atoms. The van der Waals surface area contributed by atoms with Crippen LogP contribution in [0.15, 0.2) is 6.07 Å². The zero-order valence-corrected chi connectivity index (χ0v) is 8.87. The zero-order valence-electron chi connectivity index (χ0n) is 8.05. The maximum Gasteiger partial charge on any atom is 0.00845 e. The van der Waals surface area contributed by atoms with E-state index >= 15 is 0 Å². The second-order valence-electron chi connectivity index (χ2n) is 3.32. The van der Waals surface area contributed by atoms with E-state index in [0.29, 0.717) is 6.04 Å². The Morgan fingerprint density at radius 2 is 2.17 bits per heavy atom. The Labute approximate surface area is 78.6 Å². The highest BCUT2D eigenvalue weighted by Crippen LogP contribution is 2.21. The van der Waals surface area contributed by atoms with Crippen LogP contribution in [0.2, 0.25) is 0 Å². The fraction of sp³-hybridized carbons (Fsp3) is 0.600. The van der Waals surface area contributed by atoms with Crippen molar-refractivity contribution in [2.75, 3.05) is 0 Å². The molecule has 1 unspecified atom stereocenters. The number of hydrogen-bond acceptors (Lipinski definition) is 2. The Hall–Kier alpha value is -0.340. The fourth-order valence-electron chi connectivity index (χ4n) is 1.15. The van der Waals surface area contributed by atoms with Gasteiger partial charge in [0.1, 0.15) is 0 Å². The molecule has 0 saturated carbocycles. The van der Waals surface area contributed by atoms with Gasteiger partial charge in [-0.25, -0.2) is 0 Å². The average molecular weight is 183 g/mol. The Morgan fingerprint density at radius 3 is 2.58 bits per heavy atom. The summed E-state index contributed by atoms with van der Waals surface area (Å²) in [5.74, 6) is 0. The third kappa shape index (κ3) is 2.32. The van der Waals surface area contributed by atoms with Gasteiger partial charge in [-0.15, -0.1) is 11.3 Å². The molecule has 1 rings (SSSR count). The van der Waals surface area contributed by atoms with Gasteiger partial charge < -0.3 is 5.73 Å². The van der Waals surface area contributed by atoms with Crippen LogP contribution in [0.25, 0.3) is 0 Å². The van der Waals surface area contributed by atoms with Gasteiger partial charge in [0.2, 0.25) is 0 Å². The summed E-state index contributed by atoms with van der Waals surface area (Å²) in [7, 11) is 0. The van der Waals surface area contributed by atoms with Gasteiger partial charge in [-0.3, -0.25) is 0 Å². The van der Waals surface area contributed by atoms with E-state index in [1.165, 1.54) is 15.3 Å². The third-order valence-corrected chi connectivity index (χ3v) is 3.38. The van der Waals surface area contributed by atoms with Crippen molar-refractivity contribution in [3.63, 3.8) is 0 Å². The van der Waals surface area contributed by atoms with Crippen LogP contribution in [0.5, 0.6) is 0 Å². The van der Waals surface area contributed by atoms with E-state index in [1.54, 1.807) is 0 Å².